The molecular weight excluding hydrogens is 1070 g/mol. The number of hydrogen-bond donors (Lipinski definition) is 0. The molecule has 4 heterocycles. The first kappa shape index (κ1) is 56.1. The third-order valence-electron chi connectivity index (χ3n) is 18.8. The lowest BCUT2D eigenvalue weighted by atomic mass is 9.35. The van der Waals surface area contributed by atoms with Gasteiger partial charge in [0, 0.05) is 55.8 Å². The van der Waals surface area contributed by atoms with Crippen LogP contribution in [0.15, 0.2) is 227 Å². The largest absolute Gasteiger partial charge is 0.468 e. The lowest BCUT2D eigenvalue weighted by Crippen LogP contribution is -2.62. The Balaban J connectivity index is 1.12. The normalized spacial score (nSPS) is 13.6. The van der Waals surface area contributed by atoms with E-state index in [9.17, 15) is 0 Å². The number of benzene rings is 10. The zero-order valence-corrected chi connectivity index (χ0v) is 54.0. The van der Waals surface area contributed by atoms with Gasteiger partial charge in [-0.25, -0.2) is 0 Å². The molecule has 5 nitrogen and oxygen atoms in total. The highest BCUT2D eigenvalue weighted by Crippen LogP contribution is 2.51. The van der Waals surface area contributed by atoms with Crippen LogP contribution in [-0.2, 0) is 21.7 Å². The Kier molecular flexibility index (Phi) is 13.0. The molecule has 87 heavy (non-hydrogen) atoms. The van der Waals surface area contributed by atoms with Gasteiger partial charge in [-0.3, -0.25) is 0 Å². The van der Waals surface area contributed by atoms with Crippen LogP contribution in [0.5, 0.6) is 0 Å². The van der Waals surface area contributed by atoms with Gasteiger partial charge in [-0.15, -0.1) is 0 Å². The van der Waals surface area contributed by atoms with E-state index in [1.165, 1.54) is 38.1 Å². The maximum Gasteiger partial charge on any atom is 0.297 e. The zero-order chi connectivity index (χ0) is 60.7. The summed E-state index contributed by atoms with van der Waals surface area (Å²) in [6.45, 7) is 32.4. The van der Waals surface area contributed by atoms with E-state index in [1.807, 2.05) is 0 Å². The van der Waals surface area contributed by atoms with Gasteiger partial charge >= 0.3 is 0 Å². The SMILES string of the molecule is CC(C)(C)c1ccc(N(c2ccc3c(c2)N(c2cccc4c2oc2ccccc24)c2cc([Si](C)(C)c4ccc(C(C)(C)C)cc4)cc4c2B3c2oc3ccc(C(C)(C)C)cc3c2N4c2ccc(C(C)(C)C)cc2)c2ccccc2-c2ccccc2)cc1. The standard InChI is InChI=1S/C80H78BN3O2Si/c1-77(2,3)52-31-38-56(39-32-52)82(66-28-20-18-25-61(66)51-23-16-15-17-24-51)58-42-45-65-68(48-58)84(67-29-22-27-63-62-26-19-21-30-71(62)85-75(63)67)70-50-60(87(13,14)59-43-35-54(36-44-59)79(7,8)9)49-69-73(70)81(65)76-74(64-47-55(80(10,11)12)37-46-72(64)86-76)83(69)57-40-33-53(34-41-57)78(4,5)6/h15-50H,1-14H3. The predicted octanol–water partition coefficient (Wildman–Crippen LogP) is 19.6. The molecule has 2 aliphatic heterocycles. The first-order valence-electron chi connectivity index (χ1n) is 31.1. The van der Waals surface area contributed by atoms with Crippen molar-refractivity contribution in [1.82, 2.24) is 0 Å². The van der Waals surface area contributed by atoms with Gasteiger partial charge in [-0.1, -0.05) is 246 Å². The Bertz CT molecular complexity index is 4640. The van der Waals surface area contributed by atoms with Crippen molar-refractivity contribution in [3.8, 4) is 11.1 Å². The minimum Gasteiger partial charge on any atom is -0.468 e. The molecule has 0 saturated carbocycles. The van der Waals surface area contributed by atoms with E-state index in [4.69, 9.17) is 8.83 Å². The summed E-state index contributed by atoms with van der Waals surface area (Å²) < 4.78 is 14.8. The summed E-state index contributed by atoms with van der Waals surface area (Å²) in [6.07, 6.45) is 0. The van der Waals surface area contributed by atoms with Gasteiger partial charge in [0.2, 0.25) is 0 Å². The first-order valence-corrected chi connectivity index (χ1v) is 34.1. The van der Waals surface area contributed by atoms with Gasteiger partial charge in [0.25, 0.3) is 6.71 Å². The van der Waals surface area contributed by atoms with Crippen molar-refractivity contribution in [2.45, 2.75) is 118 Å². The van der Waals surface area contributed by atoms with E-state index in [-0.39, 0.29) is 28.4 Å². The van der Waals surface area contributed by atoms with E-state index in [0.717, 1.165) is 106 Å². The molecule has 10 aromatic carbocycles. The van der Waals surface area contributed by atoms with E-state index >= 15 is 0 Å². The second-order valence-electron chi connectivity index (χ2n) is 29.1. The molecule has 0 bridgehead atoms. The number of nitrogens with zero attached hydrogens (tertiary/aromatic N) is 3. The highest BCUT2D eigenvalue weighted by molar-refractivity contribution is 7.02. The number of anilines is 9. The minimum absolute atomic E-state index is 0.0235. The van der Waals surface area contributed by atoms with Crippen LogP contribution in [0.1, 0.15) is 105 Å². The monoisotopic (exact) mass is 1150 g/mol. The van der Waals surface area contributed by atoms with Gasteiger partial charge in [0.05, 0.1) is 22.7 Å². The average molecular weight is 1150 g/mol. The molecule has 7 heteroatoms. The van der Waals surface area contributed by atoms with Crippen molar-refractivity contribution in [3.05, 3.63) is 241 Å². The highest BCUT2D eigenvalue weighted by Gasteiger charge is 2.49. The number of rotatable bonds is 8. The summed E-state index contributed by atoms with van der Waals surface area (Å²) in [4.78, 5) is 7.59. The lowest BCUT2D eigenvalue weighted by molar-refractivity contribution is 0.590. The summed E-state index contributed by atoms with van der Waals surface area (Å²) in [5.74, 6) is 0. The first-order chi connectivity index (χ1) is 41.4. The molecule has 0 amide bonds. The molecule has 0 radical (unpaired) electrons. The van der Waals surface area contributed by atoms with Gasteiger partial charge in [-0.2, -0.15) is 0 Å². The summed E-state index contributed by atoms with van der Waals surface area (Å²) in [6, 6.07) is 82.3. The summed E-state index contributed by atoms with van der Waals surface area (Å²) in [7, 11) is -2.55. The Morgan fingerprint density at radius 3 is 1.62 bits per heavy atom. The quantitative estimate of drug-likeness (QED) is 0.142. The number of para-hydroxylation sites is 3. The Labute approximate surface area is 516 Å². The maximum atomic E-state index is 7.59. The summed E-state index contributed by atoms with van der Waals surface area (Å²) >= 11 is 0. The topological polar surface area (TPSA) is 36.0 Å². The smallest absolute Gasteiger partial charge is 0.297 e. The molecule has 12 aromatic rings. The van der Waals surface area contributed by atoms with Gasteiger partial charge in [0.1, 0.15) is 19.2 Å². The average Bonchev–Trinajstić information content (AvgIpc) is 1.68. The van der Waals surface area contributed by atoms with E-state index in [0.29, 0.717) is 0 Å². The fourth-order valence-electron chi connectivity index (χ4n) is 13.6. The van der Waals surface area contributed by atoms with Crippen LogP contribution in [-0.4, -0.2) is 14.8 Å². The Hall–Kier alpha value is -8.78. The molecule has 2 aliphatic rings. The maximum absolute atomic E-state index is 7.59. The van der Waals surface area contributed by atoms with Crippen molar-refractivity contribution >= 4 is 126 Å². The molecule has 0 aliphatic carbocycles. The van der Waals surface area contributed by atoms with Crippen molar-refractivity contribution < 1.29 is 8.83 Å². The minimum atomic E-state index is -2.55. The Morgan fingerprint density at radius 1 is 0.402 bits per heavy atom. The fourth-order valence-corrected chi connectivity index (χ4v) is 15.9. The van der Waals surface area contributed by atoms with Crippen LogP contribution in [0.25, 0.3) is 44.0 Å². The van der Waals surface area contributed by atoms with E-state index in [2.05, 4.69) is 329 Å². The lowest BCUT2D eigenvalue weighted by Gasteiger charge is -2.44. The molecule has 0 fully saturated rings. The van der Waals surface area contributed by atoms with E-state index in [1.54, 1.807) is 0 Å². The number of fused-ring (bicyclic) bond motifs is 9. The molecule has 0 saturated heterocycles. The molecule has 0 atom stereocenters. The number of hydrogen-bond acceptors (Lipinski definition) is 5. The molecule has 0 N–H and O–H groups in total. The van der Waals surface area contributed by atoms with Crippen LogP contribution in [0.3, 0.4) is 0 Å². The van der Waals surface area contributed by atoms with Crippen LogP contribution < -0.4 is 41.7 Å². The van der Waals surface area contributed by atoms with Crippen molar-refractivity contribution in [1.29, 1.82) is 0 Å². The Morgan fingerprint density at radius 2 is 0.954 bits per heavy atom. The van der Waals surface area contributed by atoms with Crippen LogP contribution >= 0.6 is 0 Å². The summed E-state index contributed by atoms with van der Waals surface area (Å²) in [5.41, 5.74) is 22.9. The van der Waals surface area contributed by atoms with Crippen LogP contribution in [0, 0.1) is 0 Å². The van der Waals surface area contributed by atoms with Crippen molar-refractivity contribution in [2.24, 2.45) is 0 Å². The summed E-state index contributed by atoms with van der Waals surface area (Å²) in [5, 5.41) is 6.00. The number of furan rings is 2. The molecule has 0 unspecified atom stereocenters. The molecular formula is C80H78BN3O2Si. The second kappa shape index (κ2) is 20.1. The third kappa shape index (κ3) is 9.43. The van der Waals surface area contributed by atoms with E-state index < -0.39 is 8.07 Å². The molecule has 14 rings (SSSR count). The fraction of sp³-hybridized carbons (Fsp3) is 0.225. The molecule has 432 valence electrons. The van der Waals surface area contributed by atoms with Gasteiger partial charge < -0.3 is 23.5 Å². The van der Waals surface area contributed by atoms with Crippen LogP contribution in [0.2, 0.25) is 13.1 Å². The van der Waals surface area contributed by atoms with Crippen molar-refractivity contribution in [3.63, 3.8) is 0 Å². The molecule has 0 spiro atoms. The van der Waals surface area contributed by atoms with Crippen LogP contribution in [0.4, 0.5) is 51.2 Å². The zero-order valence-electron chi connectivity index (χ0n) is 53.0. The predicted molar refractivity (Wildman–Crippen MR) is 376 cm³/mol. The van der Waals surface area contributed by atoms with Gasteiger partial charge in [0.15, 0.2) is 5.58 Å². The van der Waals surface area contributed by atoms with Crippen molar-refractivity contribution in [2.75, 3.05) is 14.7 Å². The molecule has 2 aromatic heterocycles. The third-order valence-corrected chi connectivity index (χ3v) is 22.3. The highest BCUT2D eigenvalue weighted by atomic mass is 28.3. The second-order valence-corrected chi connectivity index (χ2v) is 33.5. The van der Waals surface area contributed by atoms with Gasteiger partial charge in [-0.05, 0) is 139 Å².